The molecule has 0 unspecified atom stereocenters. The van der Waals surface area contributed by atoms with Gasteiger partial charge in [-0.25, -0.2) is 9.97 Å². The van der Waals surface area contributed by atoms with Crippen LogP contribution >= 0.6 is 11.6 Å². The first-order valence-corrected chi connectivity index (χ1v) is 6.97. The lowest BCUT2D eigenvalue weighted by molar-refractivity contribution is 0.289. The first kappa shape index (κ1) is 13.6. The van der Waals surface area contributed by atoms with E-state index in [9.17, 15) is 5.11 Å². The minimum absolute atomic E-state index is 0.136. The van der Waals surface area contributed by atoms with Gasteiger partial charge in [-0.2, -0.15) is 0 Å². The second-order valence-corrected chi connectivity index (χ2v) is 5.19. The Morgan fingerprint density at radius 1 is 1.39 bits per heavy atom. The fraction of sp³-hybridized carbons (Fsp3) is 0.692. The molecule has 1 fully saturated rings. The topological polar surface area (TPSA) is 49.2 Å². The maximum Gasteiger partial charge on any atom is 0.224 e. The fourth-order valence-electron chi connectivity index (χ4n) is 2.66. The van der Waals surface area contributed by atoms with Crippen LogP contribution in [0.25, 0.3) is 0 Å². The van der Waals surface area contributed by atoms with E-state index in [1.807, 2.05) is 6.92 Å². The molecule has 0 spiro atoms. The van der Waals surface area contributed by atoms with Crippen molar-refractivity contribution in [2.75, 3.05) is 18.1 Å². The Kier molecular flexibility index (Phi) is 4.78. The highest BCUT2D eigenvalue weighted by molar-refractivity contribution is 6.28. The van der Waals surface area contributed by atoms with Crippen molar-refractivity contribution < 1.29 is 5.11 Å². The van der Waals surface area contributed by atoms with Gasteiger partial charge in [-0.05, 0) is 31.4 Å². The molecule has 1 heterocycles. The minimum Gasteiger partial charge on any atom is -0.395 e. The van der Waals surface area contributed by atoms with Crippen molar-refractivity contribution in [3.8, 4) is 0 Å². The van der Waals surface area contributed by atoms with Crippen LogP contribution in [0.15, 0.2) is 6.20 Å². The zero-order valence-corrected chi connectivity index (χ0v) is 11.5. The maximum absolute atomic E-state index is 9.27. The Balaban J connectivity index is 2.24. The lowest BCUT2D eigenvalue weighted by Gasteiger charge is -2.35. The first-order chi connectivity index (χ1) is 8.72. The standard InChI is InChI=1S/C13H20ClN3O/c1-10-9-15-13(14)16-12(10)17(7-8-18)11-5-3-2-4-6-11/h9,11,18H,2-8H2,1H3. The molecule has 0 atom stereocenters. The average Bonchev–Trinajstić information content (AvgIpc) is 2.40. The summed E-state index contributed by atoms with van der Waals surface area (Å²) < 4.78 is 0. The fourth-order valence-corrected chi connectivity index (χ4v) is 2.79. The number of hydrogen-bond acceptors (Lipinski definition) is 4. The van der Waals surface area contributed by atoms with Crippen molar-refractivity contribution in [3.05, 3.63) is 17.0 Å². The number of nitrogens with zero attached hydrogens (tertiary/aromatic N) is 3. The maximum atomic E-state index is 9.27. The van der Waals surface area contributed by atoms with Crippen LogP contribution in [0.2, 0.25) is 5.28 Å². The molecule has 0 saturated heterocycles. The van der Waals surface area contributed by atoms with Crippen molar-refractivity contribution in [2.45, 2.75) is 45.1 Å². The highest BCUT2D eigenvalue weighted by Crippen LogP contribution is 2.28. The van der Waals surface area contributed by atoms with Crippen molar-refractivity contribution >= 4 is 17.4 Å². The molecular formula is C13H20ClN3O. The molecule has 2 rings (SSSR count). The molecule has 1 N–H and O–H groups in total. The Hall–Kier alpha value is -0.870. The molecule has 0 aliphatic heterocycles. The van der Waals surface area contributed by atoms with Gasteiger partial charge in [-0.3, -0.25) is 0 Å². The molecule has 0 aromatic carbocycles. The summed E-state index contributed by atoms with van der Waals surface area (Å²) in [5.74, 6) is 0.871. The van der Waals surface area contributed by atoms with Crippen molar-refractivity contribution in [1.29, 1.82) is 0 Å². The SMILES string of the molecule is Cc1cnc(Cl)nc1N(CCO)C1CCCCC1. The molecule has 0 bridgehead atoms. The lowest BCUT2D eigenvalue weighted by atomic mass is 9.94. The Bertz CT molecular complexity index is 394. The zero-order valence-electron chi connectivity index (χ0n) is 10.8. The largest absolute Gasteiger partial charge is 0.395 e. The van der Waals surface area contributed by atoms with Gasteiger partial charge in [0.2, 0.25) is 5.28 Å². The zero-order chi connectivity index (χ0) is 13.0. The van der Waals surface area contributed by atoms with Gasteiger partial charge >= 0.3 is 0 Å². The summed E-state index contributed by atoms with van der Waals surface area (Å²) in [5, 5.41) is 9.54. The number of anilines is 1. The van der Waals surface area contributed by atoms with Gasteiger partial charge in [0.25, 0.3) is 0 Å². The van der Waals surface area contributed by atoms with Gasteiger partial charge < -0.3 is 10.0 Å². The predicted octanol–water partition coefficient (Wildman–Crippen LogP) is 2.57. The van der Waals surface area contributed by atoms with Crippen LogP contribution in [-0.4, -0.2) is 34.3 Å². The molecule has 1 saturated carbocycles. The third kappa shape index (κ3) is 3.12. The summed E-state index contributed by atoms with van der Waals surface area (Å²) >= 11 is 5.89. The molecule has 0 amide bonds. The van der Waals surface area contributed by atoms with Crippen LogP contribution in [0.5, 0.6) is 0 Å². The van der Waals surface area contributed by atoms with Gasteiger partial charge in [0.1, 0.15) is 5.82 Å². The summed E-state index contributed by atoms with van der Waals surface area (Å²) in [7, 11) is 0. The first-order valence-electron chi connectivity index (χ1n) is 6.59. The number of aliphatic hydroxyl groups excluding tert-OH is 1. The third-order valence-electron chi connectivity index (χ3n) is 3.54. The molecule has 18 heavy (non-hydrogen) atoms. The highest BCUT2D eigenvalue weighted by Gasteiger charge is 2.23. The summed E-state index contributed by atoms with van der Waals surface area (Å²) in [5.41, 5.74) is 1.01. The van der Waals surface area contributed by atoms with E-state index in [1.54, 1.807) is 6.20 Å². The number of hydrogen-bond donors (Lipinski definition) is 1. The second kappa shape index (κ2) is 6.34. The summed E-state index contributed by atoms with van der Waals surface area (Å²) in [6, 6.07) is 0.468. The number of aliphatic hydroxyl groups is 1. The van der Waals surface area contributed by atoms with E-state index in [2.05, 4.69) is 14.9 Å². The quantitative estimate of drug-likeness (QED) is 0.854. The van der Waals surface area contributed by atoms with E-state index in [0.29, 0.717) is 12.6 Å². The second-order valence-electron chi connectivity index (χ2n) is 4.85. The molecule has 1 aliphatic rings. The van der Waals surface area contributed by atoms with E-state index in [0.717, 1.165) is 11.4 Å². The minimum atomic E-state index is 0.136. The summed E-state index contributed by atoms with van der Waals surface area (Å²) in [6.45, 7) is 2.73. The monoisotopic (exact) mass is 269 g/mol. The van der Waals surface area contributed by atoms with E-state index < -0.39 is 0 Å². The summed E-state index contributed by atoms with van der Waals surface area (Å²) in [6.07, 6.45) is 7.90. The van der Waals surface area contributed by atoms with E-state index in [-0.39, 0.29) is 11.9 Å². The number of aryl methyl sites for hydroxylation is 1. The summed E-state index contributed by atoms with van der Waals surface area (Å²) in [4.78, 5) is 10.5. The Morgan fingerprint density at radius 2 is 2.11 bits per heavy atom. The molecule has 4 nitrogen and oxygen atoms in total. The van der Waals surface area contributed by atoms with E-state index in [1.165, 1.54) is 32.1 Å². The van der Waals surface area contributed by atoms with Gasteiger partial charge in [0, 0.05) is 24.3 Å². The van der Waals surface area contributed by atoms with E-state index >= 15 is 0 Å². The lowest BCUT2D eigenvalue weighted by Crippen LogP contribution is -2.40. The molecule has 1 aromatic heterocycles. The molecule has 5 heteroatoms. The molecular weight excluding hydrogens is 250 g/mol. The number of halogens is 1. The Labute approximate surface area is 113 Å². The van der Waals surface area contributed by atoms with Crippen molar-refractivity contribution in [3.63, 3.8) is 0 Å². The molecule has 0 radical (unpaired) electrons. The molecule has 1 aromatic rings. The van der Waals surface area contributed by atoms with Crippen LogP contribution < -0.4 is 4.90 Å². The van der Waals surface area contributed by atoms with Crippen molar-refractivity contribution in [1.82, 2.24) is 9.97 Å². The number of aromatic nitrogens is 2. The third-order valence-corrected chi connectivity index (χ3v) is 3.73. The van der Waals surface area contributed by atoms with Gasteiger partial charge in [-0.1, -0.05) is 19.3 Å². The van der Waals surface area contributed by atoms with Crippen LogP contribution in [0, 0.1) is 6.92 Å². The molecule has 1 aliphatic carbocycles. The van der Waals surface area contributed by atoms with Gasteiger partial charge in [0.15, 0.2) is 0 Å². The average molecular weight is 270 g/mol. The van der Waals surface area contributed by atoms with E-state index in [4.69, 9.17) is 11.6 Å². The van der Waals surface area contributed by atoms with Crippen LogP contribution in [-0.2, 0) is 0 Å². The number of rotatable bonds is 4. The Morgan fingerprint density at radius 3 is 2.78 bits per heavy atom. The highest BCUT2D eigenvalue weighted by atomic mass is 35.5. The van der Waals surface area contributed by atoms with Gasteiger partial charge in [0.05, 0.1) is 6.61 Å². The van der Waals surface area contributed by atoms with Crippen LogP contribution in [0.4, 0.5) is 5.82 Å². The van der Waals surface area contributed by atoms with Crippen LogP contribution in [0.3, 0.4) is 0 Å². The normalized spacial score (nSPS) is 16.8. The van der Waals surface area contributed by atoms with Crippen molar-refractivity contribution in [2.24, 2.45) is 0 Å². The molecule has 100 valence electrons. The van der Waals surface area contributed by atoms with Gasteiger partial charge in [-0.15, -0.1) is 0 Å². The smallest absolute Gasteiger partial charge is 0.224 e. The predicted molar refractivity (Wildman–Crippen MR) is 73.1 cm³/mol. The van der Waals surface area contributed by atoms with Crippen LogP contribution in [0.1, 0.15) is 37.7 Å².